The van der Waals surface area contributed by atoms with Gasteiger partial charge in [0.2, 0.25) is 0 Å². The first-order chi connectivity index (χ1) is 8.93. The molecule has 1 rings (SSSR count). The lowest BCUT2D eigenvalue weighted by Crippen LogP contribution is -2.18. The first-order valence-corrected chi connectivity index (χ1v) is 6.08. The zero-order valence-electron chi connectivity index (χ0n) is 11.6. The standard InChI is InChI=1S/C14H19NO4/c1-5-19-13(16)11-7-6-10(9(3)15)8(2)12(11)14(17)18-4/h6-7,9H,5,15H2,1-4H3. The predicted molar refractivity (Wildman–Crippen MR) is 71.1 cm³/mol. The van der Waals surface area contributed by atoms with Gasteiger partial charge in [0, 0.05) is 6.04 Å². The molecule has 5 nitrogen and oxygen atoms in total. The molecule has 0 aromatic heterocycles. The van der Waals surface area contributed by atoms with Crippen molar-refractivity contribution in [2.24, 2.45) is 5.73 Å². The van der Waals surface area contributed by atoms with Crippen LogP contribution in [0.2, 0.25) is 0 Å². The molecule has 0 fully saturated rings. The molecule has 0 spiro atoms. The molecule has 1 unspecified atom stereocenters. The minimum Gasteiger partial charge on any atom is -0.465 e. The number of hydrogen-bond acceptors (Lipinski definition) is 5. The molecule has 5 heteroatoms. The molecular formula is C14H19NO4. The number of hydrogen-bond donors (Lipinski definition) is 1. The number of carbonyl (C=O) groups excluding carboxylic acids is 2. The van der Waals surface area contributed by atoms with E-state index in [4.69, 9.17) is 15.2 Å². The van der Waals surface area contributed by atoms with Gasteiger partial charge in [-0.2, -0.15) is 0 Å². The lowest BCUT2D eigenvalue weighted by Gasteiger charge is -2.16. The topological polar surface area (TPSA) is 78.6 Å². The van der Waals surface area contributed by atoms with Gasteiger partial charge in [0.05, 0.1) is 24.8 Å². The van der Waals surface area contributed by atoms with Crippen molar-refractivity contribution in [2.45, 2.75) is 26.8 Å². The fourth-order valence-corrected chi connectivity index (χ4v) is 1.97. The summed E-state index contributed by atoms with van der Waals surface area (Å²) in [4.78, 5) is 23.7. The van der Waals surface area contributed by atoms with E-state index >= 15 is 0 Å². The summed E-state index contributed by atoms with van der Waals surface area (Å²) >= 11 is 0. The summed E-state index contributed by atoms with van der Waals surface area (Å²) in [5, 5.41) is 0. The minimum absolute atomic E-state index is 0.204. The summed E-state index contributed by atoms with van der Waals surface area (Å²) in [6, 6.07) is 3.05. The Morgan fingerprint density at radius 2 is 1.95 bits per heavy atom. The third-order valence-electron chi connectivity index (χ3n) is 2.88. The van der Waals surface area contributed by atoms with Crippen molar-refractivity contribution in [3.05, 3.63) is 34.4 Å². The average Bonchev–Trinajstić information content (AvgIpc) is 2.37. The molecule has 0 heterocycles. The monoisotopic (exact) mass is 265 g/mol. The molecule has 19 heavy (non-hydrogen) atoms. The summed E-state index contributed by atoms with van der Waals surface area (Å²) in [7, 11) is 1.27. The molecule has 0 amide bonds. The van der Waals surface area contributed by atoms with E-state index in [9.17, 15) is 9.59 Å². The highest BCUT2D eigenvalue weighted by Crippen LogP contribution is 2.24. The first-order valence-electron chi connectivity index (χ1n) is 6.08. The summed E-state index contributed by atoms with van der Waals surface area (Å²) in [5.74, 6) is -1.11. The third-order valence-corrected chi connectivity index (χ3v) is 2.88. The smallest absolute Gasteiger partial charge is 0.339 e. The Hall–Kier alpha value is -1.88. The number of nitrogens with two attached hydrogens (primary N) is 1. The zero-order chi connectivity index (χ0) is 14.6. The van der Waals surface area contributed by atoms with Crippen molar-refractivity contribution in [1.29, 1.82) is 0 Å². The average molecular weight is 265 g/mol. The van der Waals surface area contributed by atoms with Gasteiger partial charge in [0.25, 0.3) is 0 Å². The molecule has 0 radical (unpaired) electrons. The van der Waals surface area contributed by atoms with Crippen molar-refractivity contribution in [2.75, 3.05) is 13.7 Å². The molecule has 2 N–H and O–H groups in total. The van der Waals surface area contributed by atoms with Crippen LogP contribution in [0.1, 0.15) is 51.7 Å². The normalized spacial score (nSPS) is 11.8. The van der Waals surface area contributed by atoms with Gasteiger partial charge in [-0.1, -0.05) is 6.07 Å². The van der Waals surface area contributed by atoms with Crippen molar-refractivity contribution in [3.63, 3.8) is 0 Å². The van der Waals surface area contributed by atoms with Gasteiger partial charge >= 0.3 is 11.9 Å². The summed E-state index contributed by atoms with van der Waals surface area (Å²) in [5.41, 5.74) is 7.71. The SMILES string of the molecule is CCOC(=O)c1ccc(C(C)N)c(C)c1C(=O)OC. The highest BCUT2D eigenvalue weighted by molar-refractivity contribution is 6.04. The van der Waals surface area contributed by atoms with E-state index in [0.29, 0.717) is 5.56 Å². The van der Waals surface area contributed by atoms with Gasteiger partial charge in [-0.05, 0) is 38.0 Å². The zero-order valence-corrected chi connectivity index (χ0v) is 11.6. The molecule has 0 aliphatic heterocycles. The maximum Gasteiger partial charge on any atom is 0.339 e. The van der Waals surface area contributed by atoms with Crippen LogP contribution in [0.4, 0.5) is 0 Å². The maximum absolute atomic E-state index is 11.9. The molecule has 1 atom stereocenters. The quantitative estimate of drug-likeness (QED) is 0.842. The molecule has 0 saturated carbocycles. The van der Waals surface area contributed by atoms with Gasteiger partial charge in [0.15, 0.2) is 0 Å². The Morgan fingerprint density at radius 1 is 1.32 bits per heavy atom. The number of ether oxygens (including phenoxy) is 2. The second kappa shape index (κ2) is 6.33. The van der Waals surface area contributed by atoms with Gasteiger partial charge in [-0.3, -0.25) is 0 Å². The number of rotatable bonds is 4. The fourth-order valence-electron chi connectivity index (χ4n) is 1.97. The largest absolute Gasteiger partial charge is 0.465 e. The lowest BCUT2D eigenvalue weighted by molar-refractivity contribution is 0.0503. The summed E-state index contributed by atoms with van der Waals surface area (Å²) in [6.45, 7) is 5.51. The number of esters is 2. The summed E-state index contributed by atoms with van der Waals surface area (Å²) < 4.78 is 9.67. The number of carbonyl (C=O) groups is 2. The van der Waals surface area contributed by atoms with Crippen LogP contribution in [0.3, 0.4) is 0 Å². The maximum atomic E-state index is 11.9. The number of methoxy groups -OCH3 is 1. The predicted octanol–water partition coefficient (Wildman–Crippen LogP) is 1.98. The van der Waals surface area contributed by atoms with Gasteiger partial charge in [-0.25, -0.2) is 9.59 Å². The highest BCUT2D eigenvalue weighted by Gasteiger charge is 2.23. The second-order valence-electron chi connectivity index (χ2n) is 4.20. The van der Waals surface area contributed by atoms with E-state index in [1.165, 1.54) is 7.11 Å². The van der Waals surface area contributed by atoms with Crippen molar-refractivity contribution in [3.8, 4) is 0 Å². The van der Waals surface area contributed by atoms with Gasteiger partial charge in [-0.15, -0.1) is 0 Å². The minimum atomic E-state index is -0.567. The molecular weight excluding hydrogens is 246 g/mol. The lowest BCUT2D eigenvalue weighted by atomic mass is 9.93. The van der Waals surface area contributed by atoms with E-state index in [2.05, 4.69) is 0 Å². The third kappa shape index (κ3) is 3.12. The van der Waals surface area contributed by atoms with Crippen LogP contribution in [0.25, 0.3) is 0 Å². The van der Waals surface area contributed by atoms with Crippen LogP contribution in [0.15, 0.2) is 12.1 Å². The van der Waals surface area contributed by atoms with Crippen molar-refractivity contribution >= 4 is 11.9 Å². The van der Waals surface area contributed by atoms with Crippen LogP contribution in [0.5, 0.6) is 0 Å². The number of benzene rings is 1. The molecule has 0 aliphatic carbocycles. The van der Waals surface area contributed by atoms with E-state index < -0.39 is 11.9 Å². The van der Waals surface area contributed by atoms with E-state index in [0.717, 1.165) is 5.56 Å². The highest BCUT2D eigenvalue weighted by atomic mass is 16.5. The Balaban J connectivity index is 3.44. The van der Waals surface area contributed by atoms with Crippen LogP contribution in [-0.4, -0.2) is 25.7 Å². The molecule has 104 valence electrons. The van der Waals surface area contributed by atoms with Crippen molar-refractivity contribution in [1.82, 2.24) is 0 Å². The fraction of sp³-hybridized carbons (Fsp3) is 0.429. The Kier molecular flexibility index (Phi) is 5.06. The second-order valence-corrected chi connectivity index (χ2v) is 4.20. The molecule has 1 aromatic rings. The van der Waals surface area contributed by atoms with Crippen LogP contribution in [-0.2, 0) is 9.47 Å². The first kappa shape index (κ1) is 15.2. The van der Waals surface area contributed by atoms with Crippen LogP contribution in [0, 0.1) is 6.92 Å². The Labute approximate surface area is 112 Å². The van der Waals surface area contributed by atoms with E-state index in [1.807, 2.05) is 6.92 Å². The molecule has 0 bridgehead atoms. The summed E-state index contributed by atoms with van der Waals surface area (Å²) in [6.07, 6.45) is 0. The van der Waals surface area contributed by atoms with Crippen LogP contribution < -0.4 is 5.73 Å². The molecule has 0 saturated heterocycles. The van der Waals surface area contributed by atoms with Gasteiger partial charge < -0.3 is 15.2 Å². The van der Waals surface area contributed by atoms with Crippen LogP contribution >= 0.6 is 0 Å². The van der Waals surface area contributed by atoms with E-state index in [-0.39, 0.29) is 23.8 Å². The molecule has 1 aromatic carbocycles. The Bertz CT molecular complexity index is 494. The van der Waals surface area contributed by atoms with Gasteiger partial charge in [0.1, 0.15) is 0 Å². The molecule has 0 aliphatic rings. The van der Waals surface area contributed by atoms with E-state index in [1.54, 1.807) is 26.0 Å². The Morgan fingerprint density at radius 3 is 2.42 bits per heavy atom. The van der Waals surface area contributed by atoms with Crippen molar-refractivity contribution < 1.29 is 19.1 Å².